The standard InChI is InChI=1S/C14H12O3S.H3N/c15-18(16,17)14-9-5-4-8-13(14)11-10-12-6-2-1-3-7-12;/h1-11H,(H,15,16,17);1H3. The molecule has 0 amide bonds. The van der Waals surface area contributed by atoms with E-state index in [9.17, 15) is 8.42 Å². The van der Waals surface area contributed by atoms with Crippen LogP contribution in [0.4, 0.5) is 0 Å². The van der Waals surface area contributed by atoms with Crippen molar-refractivity contribution < 1.29 is 13.0 Å². The van der Waals surface area contributed by atoms with Crippen molar-refractivity contribution >= 4 is 22.3 Å². The van der Waals surface area contributed by atoms with Crippen LogP contribution in [0.25, 0.3) is 12.2 Å². The smallest absolute Gasteiger partial charge is 0.295 e. The Morgan fingerprint density at radius 3 is 2.05 bits per heavy atom. The molecule has 5 heteroatoms. The molecular formula is C14H15NO3S. The Hall–Kier alpha value is -1.95. The Morgan fingerprint density at radius 1 is 0.842 bits per heavy atom. The highest BCUT2D eigenvalue weighted by Crippen LogP contribution is 2.17. The van der Waals surface area contributed by atoms with Gasteiger partial charge in [0.15, 0.2) is 0 Å². The molecule has 0 radical (unpaired) electrons. The summed E-state index contributed by atoms with van der Waals surface area (Å²) in [5, 5.41) is 0. The van der Waals surface area contributed by atoms with Gasteiger partial charge in [-0.3, -0.25) is 4.55 Å². The summed E-state index contributed by atoms with van der Waals surface area (Å²) in [5.41, 5.74) is 1.42. The maximum Gasteiger partial charge on any atom is 0.295 e. The highest BCUT2D eigenvalue weighted by Gasteiger charge is 2.12. The number of benzene rings is 2. The fraction of sp³-hybridized carbons (Fsp3) is 0. The molecule has 0 aliphatic carbocycles. The lowest BCUT2D eigenvalue weighted by Crippen LogP contribution is -2.00. The van der Waals surface area contributed by atoms with Gasteiger partial charge >= 0.3 is 0 Å². The van der Waals surface area contributed by atoms with Crippen molar-refractivity contribution in [3.05, 3.63) is 65.7 Å². The molecule has 0 aliphatic heterocycles. The molecule has 0 saturated heterocycles. The highest BCUT2D eigenvalue weighted by molar-refractivity contribution is 7.85. The topological polar surface area (TPSA) is 89.4 Å². The van der Waals surface area contributed by atoms with E-state index in [1.165, 1.54) is 6.07 Å². The van der Waals surface area contributed by atoms with Crippen LogP contribution in [-0.4, -0.2) is 13.0 Å². The molecule has 0 fully saturated rings. The molecule has 0 spiro atoms. The maximum atomic E-state index is 11.2. The summed E-state index contributed by atoms with van der Waals surface area (Å²) in [5.74, 6) is 0. The van der Waals surface area contributed by atoms with Gasteiger partial charge in [-0.05, 0) is 17.2 Å². The zero-order chi connectivity index (χ0) is 13.0. The summed E-state index contributed by atoms with van der Waals surface area (Å²) < 4.78 is 31.5. The summed E-state index contributed by atoms with van der Waals surface area (Å²) in [6.45, 7) is 0. The van der Waals surface area contributed by atoms with Gasteiger partial charge in [-0.2, -0.15) is 8.42 Å². The van der Waals surface area contributed by atoms with E-state index in [1.54, 1.807) is 30.4 Å². The summed E-state index contributed by atoms with van der Waals surface area (Å²) >= 11 is 0. The van der Waals surface area contributed by atoms with Crippen molar-refractivity contribution in [1.29, 1.82) is 0 Å². The minimum Gasteiger partial charge on any atom is -0.344 e. The monoisotopic (exact) mass is 277 g/mol. The van der Waals surface area contributed by atoms with E-state index < -0.39 is 10.1 Å². The van der Waals surface area contributed by atoms with Gasteiger partial charge in [-0.25, -0.2) is 0 Å². The highest BCUT2D eigenvalue weighted by atomic mass is 32.2. The average molecular weight is 277 g/mol. The molecule has 2 aromatic carbocycles. The van der Waals surface area contributed by atoms with E-state index in [2.05, 4.69) is 0 Å². The van der Waals surface area contributed by atoms with Crippen LogP contribution in [0.3, 0.4) is 0 Å². The molecule has 0 aliphatic rings. The molecule has 2 rings (SSSR count). The molecule has 0 aromatic heterocycles. The Morgan fingerprint density at radius 2 is 1.42 bits per heavy atom. The van der Waals surface area contributed by atoms with E-state index in [0.717, 1.165) is 5.56 Å². The van der Waals surface area contributed by atoms with Crippen molar-refractivity contribution in [3.8, 4) is 0 Å². The van der Waals surface area contributed by atoms with Crippen LogP contribution in [0.15, 0.2) is 59.5 Å². The Labute approximate surface area is 112 Å². The lowest BCUT2D eigenvalue weighted by atomic mass is 10.1. The average Bonchev–Trinajstić information content (AvgIpc) is 2.37. The van der Waals surface area contributed by atoms with Crippen LogP contribution in [0.1, 0.15) is 11.1 Å². The molecule has 0 atom stereocenters. The van der Waals surface area contributed by atoms with E-state index in [-0.39, 0.29) is 11.0 Å². The van der Waals surface area contributed by atoms with E-state index in [4.69, 9.17) is 4.55 Å². The molecule has 2 aromatic rings. The quantitative estimate of drug-likeness (QED) is 0.665. The number of hydrogen-bond donors (Lipinski definition) is 2. The zero-order valence-electron chi connectivity index (χ0n) is 10.2. The second-order valence-electron chi connectivity index (χ2n) is 3.76. The van der Waals surface area contributed by atoms with Gasteiger partial charge in [-0.1, -0.05) is 60.7 Å². The van der Waals surface area contributed by atoms with Gasteiger partial charge in [0, 0.05) is 0 Å². The van der Waals surface area contributed by atoms with Crippen molar-refractivity contribution in [2.75, 3.05) is 0 Å². The molecule has 0 saturated carbocycles. The van der Waals surface area contributed by atoms with E-state index in [0.29, 0.717) is 5.56 Å². The van der Waals surface area contributed by atoms with E-state index >= 15 is 0 Å². The minimum atomic E-state index is -4.19. The van der Waals surface area contributed by atoms with Crippen LogP contribution in [-0.2, 0) is 10.1 Å². The number of hydrogen-bond acceptors (Lipinski definition) is 3. The predicted octanol–water partition coefficient (Wildman–Crippen LogP) is 3.27. The molecule has 0 unspecified atom stereocenters. The summed E-state index contributed by atoms with van der Waals surface area (Å²) in [6, 6.07) is 15.8. The van der Waals surface area contributed by atoms with Crippen molar-refractivity contribution in [3.63, 3.8) is 0 Å². The Bertz CT molecular complexity index is 664. The van der Waals surface area contributed by atoms with Gasteiger partial charge in [0.25, 0.3) is 10.1 Å². The zero-order valence-corrected chi connectivity index (χ0v) is 11.0. The van der Waals surface area contributed by atoms with Gasteiger partial charge in [0.05, 0.1) is 0 Å². The van der Waals surface area contributed by atoms with Crippen molar-refractivity contribution in [1.82, 2.24) is 6.15 Å². The largest absolute Gasteiger partial charge is 0.344 e. The van der Waals surface area contributed by atoms with Crippen LogP contribution in [0, 0.1) is 0 Å². The minimum absolute atomic E-state index is 0. The van der Waals surface area contributed by atoms with Crippen LogP contribution in [0.5, 0.6) is 0 Å². The maximum absolute atomic E-state index is 11.2. The van der Waals surface area contributed by atoms with Gasteiger partial charge in [0.2, 0.25) is 0 Å². The van der Waals surface area contributed by atoms with Gasteiger partial charge < -0.3 is 6.15 Å². The normalized spacial score (nSPS) is 11.2. The first-order valence-corrected chi connectivity index (χ1v) is 6.81. The van der Waals surface area contributed by atoms with Crippen molar-refractivity contribution in [2.45, 2.75) is 4.90 Å². The fourth-order valence-corrected chi connectivity index (χ4v) is 2.29. The molecule has 0 heterocycles. The molecule has 4 nitrogen and oxygen atoms in total. The number of rotatable bonds is 3. The van der Waals surface area contributed by atoms with Gasteiger partial charge in [0.1, 0.15) is 4.90 Å². The third-order valence-corrected chi connectivity index (χ3v) is 3.38. The lowest BCUT2D eigenvalue weighted by molar-refractivity contribution is 0.483. The SMILES string of the molecule is N.O=S(=O)(O)c1ccccc1C=Cc1ccccc1. The summed E-state index contributed by atoms with van der Waals surface area (Å²) in [7, 11) is -4.19. The first-order valence-electron chi connectivity index (χ1n) is 5.37. The second kappa shape index (κ2) is 6.29. The van der Waals surface area contributed by atoms with Crippen LogP contribution < -0.4 is 6.15 Å². The first kappa shape index (κ1) is 15.1. The third kappa shape index (κ3) is 4.03. The predicted molar refractivity (Wildman–Crippen MR) is 76.6 cm³/mol. The molecule has 100 valence electrons. The van der Waals surface area contributed by atoms with Crippen LogP contribution in [0.2, 0.25) is 0 Å². The fourth-order valence-electron chi connectivity index (χ4n) is 1.60. The molecule has 0 bridgehead atoms. The third-order valence-electron chi connectivity index (χ3n) is 2.45. The second-order valence-corrected chi connectivity index (χ2v) is 5.15. The Balaban J connectivity index is 0.00000180. The lowest BCUT2D eigenvalue weighted by Gasteiger charge is -2.01. The summed E-state index contributed by atoms with van der Waals surface area (Å²) in [6.07, 6.45) is 3.46. The van der Waals surface area contributed by atoms with E-state index in [1.807, 2.05) is 30.3 Å². The van der Waals surface area contributed by atoms with Crippen molar-refractivity contribution in [2.24, 2.45) is 0 Å². The summed E-state index contributed by atoms with van der Waals surface area (Å²) in [4.78, 5) is -0.0859. The molecule has 19 heavy (non-hydrogen) atoms. The first-order chi connectivity index (χ1) is 8.57. The van der Waals surface area contributed by atoms with Gasteiger partial charge in [-0.15, -0.1) is 0 Å². The van der Waals surface area contributed by atoms with Crippen LogP contribution >= 0.6 is 0 Å². The molecular weight excluding hydrogens is 262 g/mol. The Kier molecular flexibility index (Phi) is 5.00. The molecule has 4 N–H and O–H groups in total.